The molecule has 1 atom stereocenters. The van der Waals surface area contributed by atoms with Gasteiger partial charge in [0.25, 0.3) is 0 Å². The number of unbranched alkanes of at least 4 members (excludes halogenated alkanes) is 15. The van der Waals surface area contributed by atoms with Gasteiger partial charge in [0.2, 0.25) is 0 Å². The molecule has 4 N–H and O–H groups in total. The van der Waals surface area contributed by atoms with Gasteiger partial charge in [0.15, 0.2) is 0 Å². The Kier molecular flexibility index (Phi) is 35.0. The van der Waals surface area contributed by atoms with Crippen LogP contribution >= 0.6 is 0 Å². The lowest BCUT2D eigenvalue weighted by Gasteiger charge is -2.30. The van der Waals surface area contributed by atoms with Crippen molar-refractivity contribution in [3.05, 3.63) is 0 Å². The SMILES string of the molecule is CCCCCCCCCCCCCCCCCC[N+](C)(C)CCC[Si](O)(O)OCCOCCOCC(COCCO)OCCOCCO. The third-order valence-corrected chi connectivity index (χ3v) is 10.1. The number of rotatable bonds is 40. The summed E-state index contributed by atoms with van der Waals surface area (Å²) >= 11 is 0. The average molecular weight is 713 g/mol. The molecule has 0 aromatic rings. The molecule has 0 aliphatic heterocycles. The summed E-state index contributed by atoms with van der Waals surface area (Å²) in [5.74, 6) is 0. The van der Waals surface area contributed by atoms with Gasteiger partial charge in [-0.25, -0.2) is 0 Å². The van der Waals surface area contributed by atoms with Gasteiger partial charge in [-0.2, -0.15) is 0 Å². The normalized spacial score (nSPS) is 13.1. The van der Waals surface area contributed by atoms with Crippen LogP contribution in [0.2, 0.25) is 6.04 Å². The van der Waals surface area contributed by atoms with Crippen molar-refractivity contribution in [1.29, 1.82) is 0 Å². The van der Waals surface area contributed by atoms with E-state index in [2.05, 4.69) is 21.0 Å². The van der Waals surface area contributed by atoms with E-state index in [-0.39, 0.29) is 52.4 Å². The fourth-order valence-corrected chi connectivity index (χ4v) is 6.75. The minimum atomic E-state index is -3.70. The highest BCUT2D eigenvalue weighted by atomic mass is 28.4. The first-order chi connectivity index (χ1) is 23.3. The number of aliphatic hydroxyl groups is 2. The van der Waals surface area contributed by atoms with E-state index < -0.39 is 8.80 Å². The van der Waals surface area contributed by atoms with Crippen LogP contribution in [-0.4, -0.2) is 146 Å². The second kappa shape index (κ2) is 35.2. The predicted octanol–water partition coefficient (Wildman–Crippen LogP) is 5.09. The van der Waals surface area contributed by atoms with Gasteiger partial charge < -0.3 is 52.4 Å². The molecule has 0 aromatic heterocycles. The maximum atomic E-state index is 10.4. The van der Waals surface area contributed by atoms with Gasteiger partial charge >= 0.3 is 8.80 Å². The smallest absolute Gasteiger partial charge is 0.394 e. The number of hydrogen-bond acceptors (Lipinski definition) is 10. The molecule has 0 bridgehead atoms. The van der Waals surface area contributed by atoms with Crippen molar-refractivity contribution in [2.75, 3.05) is 106 Å². The zero-order valence-electron chi connectivity index (χ0n) is 31.4. The molecule has 11 nitrogen and oxygen atoms in total. The quantitative estimate of drug-likeness (QED) is 0.0387. The predicted molar refractivity (Wildman–Crippen MR) is 194 cm³/mol. The molecule has 0 radical (unpaired) electrons. The maximum absolute atomic E-state index is 10.4. The van der Waals surface area contributed by atoms with Crippen LogP contribution in [0.15, 0.2) is 0 Å². The lowest BCUT2D eigenvalue weighted by molar-refractivity contribution is -0.890. The first-order valence-corrected chi connectivity index (χ1v) is 21.3. The Morgan fingerprint density at radius 2 is 0.917 bits per heavy atom. The van der Waals surface area contributed by atoms with Gasteiger partial charge in [-0.3, -0.25) is 0 Å². The van der Waals surface area contributed by atoms with Crippen molar-refractivity contribution in [2.24, 2.45) is 0 Å². The summed E-state index contributed by atoms with van der Waals surface area (Å²) in [6.07, 6.45) is 22.4. The lowest BCUT2D eigenvalue weighted by Crippen LogP contribution is -2.44. The molecular formula is C36H78NO10Si+. The topological polar surface area (TPSA) is 136 Å². The molecular weight excluding hydrogens is 634 g/mol. The number of hydrogen-bond donors (Lipinski definition) is 4. The summed E-state index contributed by atoms with van der Waals surface area (Å²) in [4.78, 5) is 20.7. The largest absolute Gasteiger partial charge is 0.495 e. The molecule has 12 heteroatoms. The summed E-state index contributed by atoms with van der Waals surface area (Å²) in [5.41, 5.74) is 0. The summed E-state index contributed by atoms with van der Waals surface area (Å²) in [6.45, 7) is 7.02. The molecule has 0 aromatic carbocycles. The van der Waals surface area contributed by atoms with Crippen LogP contribution in [0.5, 0.6) is 0 Å². The lowest BCUT2D eigenvalue weighted by atomic mass is 10.0. The van der Waals surface area contributed by atoms with E-state index in [1.54, 1.807) is 0 Å². The Hall–Kier alpha value is -0.223. The summed E-state index contributed by atoms with van der Waals surface area (Å²) < 4.78 is 33.6. The molecule has 0 saturated heterocycles. The van der Waals surface area contributed by atoms with Crippen LogP contribution < -0.4 is 0 Å². The molecule has 0 saturated carbocycles. The van der Waals surface area contributed by atoms with E-state index in [0.29, 0.717) is 39.1 Å². The van der Waals surface area contributed by atoms with E-state index in [1.807, 2.05) is 0 Å². The first-order valence-electron chi connectivity index (χ1n) is 19.3. The van der Waals surface area contributed by atoms with Crippen LogP contribution in [-0.2, 0) is 28.1 Å². The van der Waals surface area contributed by atoms with Crippen LogP contribution in [0.1, 0.15) is 116 Å². The Morgan fingerprint density at radius 1 is 0.500 bits per heavy atom. The van der Waals surface area contributed by atoms with Crippen molar-refractivity contribution in [1.82, 2.24) is 0 Å². The second-order valence-electron chi connectivity index (χ2n) is 13.7. The Bertz CT molecular complexity index is 648. The van der Waals surface area contributed by atoms with Gasteiger partial charge in [-0.15, -0.1) is 0 Å². The van der Waals surface area contributed by atoms with Crippen LogP contribution in [0, 0.1) is 0 Å². The highest BCUT2D eigenvalue weighted by Gasteiger charge is 2.32. The van der Waals surface area contributed by atoms with Crippen molar-refractivity contribution in [3.8, 4) is 0 Å². The molecule has 1 unspecified atom stereocenters. The summed E-state index contributed by atoms with van der Waals surface area (Å²) in [7, 11) is 0.752. The summed E-state index contributed by atoms with van der Waals surface area (Å²) in [5, 5.41) is 17.7. The molecule has 290 valence electrons. The molecule has 0 aliphatic carbocycles. The van der Waals surface area contributed by atoms with Crippen LogP contribution in [0.3, 0.4) is 0 Å². The van der Waals surface area contributed by atoms with E-state index in [9.17, 15) is 9.59 Å². The average Bonchev–Trinajstić information content (AvgIpc) is 3.05. The van der Waals surface area contributed by atoms with E-state index in [0.717, 1.165) is 24.0 Å². The number of nitrogens with zero attached hydrogens (tertiary/aromatic N) is 1. The van der Waals surface area contributed by atoms with Gasteiger partial charge in [0.05, 0.1) is 106 Å². The number of quaternary nitrogens is 1. The summed E-state index contributed by atoms with van der Waals surface area (Å²) in [6, 6.07) is 0.293. The fraction of sp³-hybridized carbons (Fsp3) is 1.00. The number of ether oxygens (including phenoxy) is 5. The molecule has 48 heavy (non-hydrogen) atoms. The monoisotopic (exact) mass is 713 g/mol. The van der Waals surface area contributed by atoms with Crippen molar-refractivity contribution >= 4 is 8.80 Å². The molecule has 0 amide bonds. The maximum Gasteiger partial charge on any atom is 0.495 e. The van der Waals surface area contributed by atoms with E-state index in [4.69, 9.17) is 38.3 Å². The van der Waals surface area contributed by atoms with Crippen molar-refractivity contribution in [2.45, 2.75) is 128 Å². The second-order valence-corrected chi connectivity index (χ2v) is 16.0. The Balaban J connectivity index is 3.74. The van der Waals surface area contributed by atoms with Gasteiger partial charge in [-0.05, 0) is 12.8 Å². The standard InChI is InChI=1S/C36H78NO10Si/c1-4-5-6-7-8-9-10-11-12-13-14-15-16-17-18-19-21-37(2,3)22-20-33-48(40,41)47-32-30-43-27-28-45-35-36(34-44-26-24-39)46-31-29-42-25-23-38/h36,38-41H,4-35H2,1-3H3/q+1. The zero-order chi connectivity index (χ0) is 35.4. The molecule has 0 spiro atoms. The number of aliphatic hydroxyl groups excluding tert-OH is 2. The van der Waals surface area contributed by atoms with Crippen molar-refractivity contribution < 1.29 is 52.4 Å². The van der Waals surface area contributed by atoms with Crippen LogP contribution in [0.25, 0.3) is 0 Å². The highest BCUT2D eigenvalue weighted by molar-refractivity contribution is 6.57. The Morgan fingerprint density at radius 3 is 1.48 bits per heavy atom. The van der Waals surface area contributed by atoms with Gasteiger partial charge in [-0.1, -0.05) is 96.8 Å². The van der Waals surface area contributed by atoms with Gasteiger partial charge in [0, 0.05) is 12.5 Å². The third kappa shape index (κ3) is 35.6. The zero-order valence-corrected chi connectivity index (χ0v) is 32.4. The highest BCUT2D eigenvalue weighted by Crippen LogP contribution is 2.15. The molecule has 0 rings (SSSR count). The van der Waals surface area contributed by atoms with Crippen LogP contribution in [0.4, 0.5) is 0 Å². The van der Waals surface area contributed by atoms with Gasteiger partial charge in [0.1, 0.15) is 6.10 Å². The minimum Gasteiger partial charge on any atom is -0.394 e. The van der Waals surface area contributed by atoms with E-state index >= 15 is 0 Å². The molecule has 0 fully saturated rings. The van der Waals surface area contributed by atoms with Crippen molar-refractivity contribution in [3.63, 3.8) is 0 Å². The molecule has 0 aliphatic rings. The third-order valence-electron chi connectivity index (χ3n) is 8.48. The first kappa shape index (κ1) is 47.8. The Labute approximate surface area is 295 Å². The minimum absolute atomic E-state index is 0.0334. The fourth-order valence-electron chi connectivity index (χ4n) is 5.57. The van der Waals surface area contributed by atoms with E-state index in [1.165, 1.54) is 103 Å². The molecule has 0 heterocycles.